The molecular formula is C33H36N6O7. The highest BCUT2D eigenvalue weighted by Gasteiger charge is 2.48. The Hall–Kier alpha value is -4.79. The van der Waals surface area contributed by atoms with Crippen molar-refractivity contribution >= 4 is 22.9 Å². The van der Waals surface area contributed by atoms with Gasteiger partial charge in [0.05, 0.1) is 40.4 Å². The summed E-state index contributed by atoms with van der Waals surface area (Å²) in [7, 11) is 3.23. The third kappa shape index (κ3) is 5.70. The number of imidazole rings is 1. The molecule has 4 atom stereocenters. The van der Waals surface area contributed by atoms with Crippen LogP contribution in [-0.4, -0.2) is 82.1 Å². The number of aliphatic hydroxyl groups excluding tert-OH is 2. The Bertz CT molecular complexity index is 1700. The number of nitrogen functional groups attached to an aromatic ring is 2. The summed E-state index contributed by atoms with van der Waals surface area (Å²) in [6, 6.07) is 25.1. The molecule has 1 fully saturated rings. The third-order valence-corrected chi connectivity index (χ3v) is 8.09. The molecule has 2 aromatic heterocycles. The molecule has 6 rings (SSSR count). The third-order valence-electron chi connectivity index (χ3n) is 8.09. The van der Waals surface area contributed by atoms with E-state index in [1.807, 2.05) is 78.9 Å². The van der Waals surface area contributed by atoms with Crippen LogP contribution in [-0.2, 0) is 19.8 Å². The Morgan fingerprint density at radius 1 is 0.870 bits per heavy atom. The molecule has 13 heteroatoms. The standard InChI is InChI=1S/C33H36N6O7/c1-42-23-12-8-21(9-13-23)33(20-6-4-3-5-7-20,22-10-14-24(43-2)15-11-22)45-18-25-27(41)28(44-17-16-40)31(46-25)39-19-36-26-29(34)37-32(35)38-30(26)39/h3-15,19,25,27-28,31,40-41H,16-18H2,1-2H3,(H4,34,35,37,38)/t25-,27-,28-,31-/m1/s1. The molecule has 1 saturated heterocycles. The van der Waals surface area contributed by atoms with Gasteiger partial charge in [-0.15, -0.1) is 0 Å². The van der Waals surface area contributed by atoms with E-state index in [1.165, 1.54) is 6.33 Å². The number of hydrogen-bond acceptors (Lipinski definition) is 12. The number of benzene rings is 3. The zero-order chi connectivity index (χ0) is 32.3. The van der Waals surface area contributed by atoms with Crippen LogP contribution in [0.25, 0.3) is 11.2 Å². The van der Waals surface area contributed by atoms with Gasteiger partial charge in [-0.1, -0.05) is 54.6 Å². The fraction of sp³-hybridized carbons (Fsp3) is 0.303. The van der Waals surface area contributed by atoms with Gasteiger partial charge in [0.25, 0.3) is 0 Å². The van der Waals surface area contributed by atoms with Gasteiger partial charge < -0.3 is 45.4 Å². The van der Waals surface area contributed by atoms with Crippen molar-refractivity contribution in [1.82, 2.24) is 19.5 Å². The lowest BCUT2D eigenvalue weighted by Gasteiger charge is -2.37. The number of anilines is 2. The van der Waals surface area contributed by atoms with Gasteiger partial charge in [-0.2, -0.15) is 9.97 Å². The lowest BCUT2D eigenvalue weighted by atomic mass is 9.80. The topological polar surface area (TPSA) is 182 Å². The van der Waals surface area contributed by atoms with Crippen LogP contribution in [0.2, 0.25) is 0 Å². The van der Waals surface area contributed by atoms with Crippen LogP contribution >= 0.6 is 0 Å². The number of ether oxygens (including phenoxy) is 5. The number of fused-ring (bicyclic) bond motifs is 1. The number of hydrogen-bond donors (Lipinski definition) is 4. The monoisotopic (exact) mass is 628 g/mol. The van der Waals surface area contributed by atoms with E-state index in [0.717, 1.165) is 16.7 Å². The largest absolute Gasteiger partial charge is 0.497 e. The van der Waals surface area contributed by atoms with Crippen molar-refractivity contribution in [3.8, 4) is 11.5 Å². The Kier molecular flexibility index (Phi) is 9.01. The molecule has 0 radical (unpaired) electrons. The molecule has 1 aliphatic heterocycles. The lowest BCUT2D eigenvalue weighted by Crippen LogP contribution is -2.40. The van der Waals surface area contributed by atoms with E-state index in [4.69, 9.17) is 35.2 Å². The Morgan fingerprint density at radius 2 is 1.48 bits per heavy atom. The molecule has 0 amide bonds. The number of aliphatic hydroxyl groups is 2. The summed E-state index contributed by atoms with van der Waals surface area (Å²) < 4.78 is 31.8. The van der Waals surface area contributed by atoms with Gasteiger partial charge in [0.1, 0.15) is 40.9 Å². The van der Waals surface area contributed by atoms with Crippen molar-refractivity contribution in [2.24, 2.45) is 0 Å². The Balaban J connectivity index is 1.41. The molecule has 3 aromatic carbocycles. The first-order valence-corrected chi connectivity index (χ1v) is 14.7. The lowest BCUT2D eigenvalue weighted by molar-refractivity contribution is -0.0967. The second-order valence-corrected chi connectivity index (χ2v) is 10.7. The maximum Gasteiger partial charge on any atom is 0.224 e. The molecular weight excluding hydrogens is 592 g/mol. The molecule has 0 spiro atoms. The van der Waals surface area contributed by atoms with Crippen LogP contribution in [0.3, 0.4) is 0 Å². The van der Waals surface area contributed by atoms with Crippen molar-refractivity contribution < 1.29 is 33.9 Å². The van der Waals surface area contributed by atoms with E-state index in [1.54, 1.807) is 18.8 Å². The van der Waals surface area contributed by atoms with Crippen molar-refractivity contribution in [2.75, 3.05) is 45.5 Å². The average molecular weight is 629 g/mol. The highest BCUT2D eigenvalue weighted by Crippen LogP contribution is 2.43. The minimum Gasteiger partial charge on any atom is -0.497 e. The molecule has 6 N–H and O–H groups in total. The van der Waals surface area contributed by atoms with Crippen LogP contribution in [0.15, 0.2) is 85.2 Å². The minimum absolute atomic E-state index is 0.0350. The fourth-order valence-corrected chi connectivity index (χ4v) is 5.87. The summed E-state index contributed by atoms with van der Waals surface area (Å²) in [5.41, 5.74) is 13.9. The summed E-state index contributed by atoms with van der Waals surface area (Å²) in [6.07, 6.45) is -2.37. The van der Waals surface area contributed by atoms with Crippen molar-refractivity contribution in [3.05, 3.63) is 102 Å². The van der Waals surface area contributed by atoms with E-state index >= 15 is 0 Å². The Morgan fingerprint density at radius 3 is 2.07 bits per heavy atom. The predicted octanol–water partition coefficient (Wildman–Crippen LogP) is 2.65. The molecule has 13 nitrogen and oxygen atoms in total. The minimum atomic E-state index is -1.16. The zero-order valence-electron chi connectivity index (χ0n) is 25.4. The zero-order valence-corrected chi connectivity index (χ0v) is 25.4. The normalized spacial score (nSPS) is 19.8. The molecule has 0 aliphatic carbocycles. The van der Waals surface area contributed by atoms with E-state index in [9.17, 15) is 10.2 Å². The summed E-state index contributed by atoms with van der Waals surface area (Å²) in [5.74, 6) is 1.46. The molecule has 0 saturated carbocycles. The number of aromatic nitrogens is 4. The maximum absolute atomic E-state index is 11.6. The number of nitrogens with two attached hydrogens (primary N) is 2. The van der Waals surface area contributed by atoms with E-state index in [2.05, 4.69) is 15.0 Å². The first-order chi connectivity index (χ1) is 22.4. The maximum atomic E-state index is 11.6. The van der Waals surface area contributed by atoms with Gasteiger partial charge in [-0.05, 0) is 41.0 Å². The SMILES string of the molecule is COc1ccc(C(OC[C@H]2O[C@@H](n3cnc4c(N)nc(N)nc43)[C@H](OCCO)[C@@H]2O)(c2ccccc2)c2ccc(OC)cc2)cc1. The van der Waals surface area contributed by atoms with E-state index < -0.39 is 30.1 Å². The van der Waals surface area contributed by atoms with Gasteiger partial charge in [-0.25, -0.2) is 4.98 Å². The van der Waals surface area contributed by atoms with E-state index in [-0.39, 0.29) is 31.6 Å². The van der Waals surface area contributed by atoms with Crippen LogP contribution in [0.4, 0.5) is 11.8 Å². The van der Waals surface area contributed by atoms with Crippen LogP contribution in [0.5, 0.6) is 11.5 Å². The van der Waals surface area contributed by atoms with Crippen LogP contribution in [0.1, 0.15) is 22.9 Å². The number of rotatable bonds is 12. The van der Waals surface area contributed by atoms with Crippen molar-refractivity contribution in [3.63, 3.8) is 0 Å². The predicted molar refractivity (Wildman–Crippen MR) is 169 cm³/mol. The van der Waals surface area contributed by atoms with Crippen molar-refractivity contribution in [1.29, 1.82) is 0 Å². The van der Waals surface area contributed by atoms with Gasteiger partial charge in [0.15, 0.2) is 17.7 Å². The van der Waals surface area contributed by atoms with Gasteiger partial charge in [-0.3, -0.25) is 4.57 Å². The quantitative estimate of drug-likeness (QED) is 0.149. The second kappa shape index (κ2) is 13.3. The smallest absolute Gasteiger partial charge is 0.224 e. The molecule has 5 aromatic rings. The van der Waals surface area contributed by atoms with Crippen molar-refractivity contribution in [2.45, 2.75) is 30.1 Å². The molecule has 0 unspecified atom stereocenters. The number of nitrogens with zero attached hydrogens (tertiary/aromatic N) is 4. The highest BCUT2D eigenvalue weighted by molar-refractivity contribution is 5.82. The van der Waals surface area contributed by atoms with Gasteiger partial charge in [0.2, 0.25) is 5.95 Å². The average Bonchev–Trinajstić information content (AvgIpc) is 3.65. The molecule has 46 heavy (non-hydrogen) atoms. The summed E-state index contributed by atoms with van der Waals surface area (Å²) in [4.78, 5) is 12.6. The second-order valence-electron chi connectivity index (χ2n) is 10.7. The molecule has 0 bridgehead atoms. The molecule has 1 aliphatic rings. The summed E-state index contributed by atoms with van der Waals surface area (Å²) in [5, 5.41) is 21.2. The van der Waals surface area contributed by atoms with Gasteiger partial charge >= 0.3 is 0 Å². The highest BCUT2D eigenvalue weighted by atomic mass is 16.6. The van der Waals surface area contributed by atoms with Gasteiger partial charge in [0, 0.05) is 0 Å². The van der Waals surface area contributed by atoms with Crippen LogP contribution in [0, 0.1) is 0 Å². The summed E-state index contributed by atoms with van der Waals surface area (Å²) in [6.45, 7) is -0.349. The first-order valence-electron chi connectivity index (χ1n) is 14.7. The fourth-order valence-electron chi connectivity index (χ4n) is 5.87. The van der Waals surface area contributed by atoms with Crippen LogP contribution < -0.4 is 20.9 Å². The van der Waals surface area contributed by atoms with E-state index in [0.29, 0.717) is 22.7 Å². The number of methoxy groups -OCH3 is 2. The molecule has 3 heterocycles. The molecule has 240 valence electrons. The Labute approximate surface area is 265 Å². The first kappa shape index (κ1) is 31.2. The summed E-state index contributed by atoms with van der Waals surface area (Å²) >= 11 is 0.